The molecule has 2 bridgehead atoms. The van der Waals surface area contributed by atoms with E-state index in [1.165, 1.54) is 23.9 Å². The van der Waals surface area contributed by atoms with E-state index in [1.54, 1.807) is 12.1 Å². The monoisotopic (exact) mass is 436 g/mol. The first-order valence-electron chi connectivity index (χ1n) is 10.7. The molecule has 3 fully saturated rings. The van der Waals surface area contributed by atoms with E-state index < -0.39 is 10.0 Å². The molecule has 7 nitrogen and oxygen atoms in total. The Balaban J connectivity index is 1.62. The van der Waals surface area contributed by atoms with Gasteiger partial charge in [-0.05, 0) is 54.2 Å². The molecule has 1 aliphatic heterocycles. The van der Waals surface area contributed by atoms with E-state index in [-0.39, 0.29) is 46.5 Å². The van der Waals surface area contributed by atoms with E-state index >= 15 is 0 Å². The summed E-state index contributed by atoms with van der Waals surface area (Å²) >= 11 is 0. The zero-order valence-electron chi connectivity index (χ0n) is 18.2. The maximum Gasteiger partial charge on any atom is 0.251 e. The van der Waals surface area contributed by atoms with Crippen LogP contribution < -0.4 is 10.1 Å². The maximum atomic E-state index is 13.2. The Hall–Kier alpha value is -1.64. The number of ether oxygens (including phenoxy) is 2. The Kier molecular flexibility index (Phi) is 5.39. The van der Waals surface area contributed by atoms with E-state index in [0.717, 1.165) is 12.8 Å². The molecular weight excluding hydrogens is 404 g/mol. The Morgan fingerprint density at radius 2 is 1.93 bits per heavy atom. The molecular formula is C22H32N2O5S. The highest BCUT2D eigenvalue weighted by Gasteiger charge is 2.59. The Bertz CT molecular complexity index is 934. The van der Waals surface area contributed by atoms with E-state index in [1.807, 2.05) is 0 Å². The van der Waals surface area contributed by atoms with E-state index in [0.29, 0.717) is 24.7 Å². The average Bonchev–Trinajstić information content (AvgIpc) is 3.22. The number of fused-ring (bicyclic) bond motifs is 2. The lowest BCUT2D eigenvalue weighted by Crippen LogP contribution is -2.52. The highest BCUT2D eigenvalue weighted by atomic mass is 32.2. The van der Waals surface area contributed by atoms with Gasteiger partial charge < -0.3 is 14.8 Å². The van der Waals surface area contributed by atoms with Crippen molar-refractivity contribution >= 4 is 15.9 Å². The molecule has 1 aromatic carbocycles. The fourth-order valence-electron chi connectivity index (χ4n) is 5.82. The maximum absolute atomic E-state index is 13.2. The molecule has 1 N–H and O–H groups in total. The zero-order valence-corrected chi connectivity index (χ0v) is 19.0. The molecule has 2 aliphatic carbocycles. The highest BCUT2D eigenvalue weighted by molar-refractivity contribution is 7.89. The molecule has 166 valence electrons. The van der Waals surface area contributed by atoms with Crippen molar-refractivity contribution in [1.29, 1.82) is 0 Å². The van der Waals surface area contributed by atoms with Gasteiger partial charge in [-0.3, -0.25) is 4.79 Å². The molecule has 1 heterocycles. The molecule has 1 unspecified atom stereocenters. The summed E-state index contributed by atoms with van der Waals surface area (Å²) in [4.78, 5) is 13.2. The fraction of sp³-hybridized carbons (Fsp3) is 0.682. The Labute approximate surface area is 179 Å². The first-order chi connectivity index (χ1) is 14.1. The molecule has 1 saturated heterocycles. The van der Waals surface area contributed by atoms with Gasteiger partial charge in [0.05, 0.1) is 20.3 Å². The summed E-state index contributed by atoms with van der Waals surface area (Å²) in [6.45, 7) is 8.02. The number of rotatable bonds is 5. The lowest BCUT2D eigenvalue weighted by atomic mass is 9.68. The SMILES string of the molecule is COc1ccc(C(=O)NC2C(C)(C)[C@@H]3CC[C@]2(C)C3)cc1S(=O)(=O)N1CCOCC1. The van der Waals surface area contributed by atoms with Crippen LogP contribution in [0.15, 0.2) is 23.1 Å². The van der Waals surface area contributed by atoms with Gasteiger partial charge in [-0.2, -0.15) is 4.31 Å². The number of benzene rings is 1. The third-order valence-electron chi connectivity index (χ3n) is 7.56. The van der Waals surface area contributed by atoms with Gasteiger partial charge in [-0.25, -0.2) is 8.42 Å². The van der Waals surface area contributed by atoms with Crippen LogP contribution in [-0.2, 0) is 14.8 Å². The topological polar surface area (TPSA) is 84.9 Å². The van der Waals surface area contributed by atoms with Crippen molar-refractivity contribution in [2.45, 2.75) is 51.0 Å². The Morgan fingerprint density at radius 1 is 1.23 bits per heavy atom. The van der Waals surface area contributed by atoms with Crippen LogP contribution in [0.25, 0.3) is 0 Å². The summed E-state index contributed by atoms with van der Waals surface area (Å²) in [6.07, 6.45) is 3.45. The molecule has 30 heavy (non-hydrogen) atoms. The second-order valence-electron chi connectivity index (χ2n) is 9.70. The van der Waals surface area contributed by atoms with Crippen molar-refractivity contribution in [2.75, 3.05) is 33.4 Å². The molecule has 0 radical (unpaired) electrons. The number of nitrogens with one attached hydrogen (secondary N) is 1. The van der Waals surface area contributed by atoms with E-state index in [9.17, 15) is 13.2 Å². The second-order valence-corrected chi connectivity index (χ2v) is 11.6. The molecule has 8 heteroatoms. The van der Waals surface area contributed by atoms with Crippen LogP contribution in [0.1, 0.15) is 50.4 Å². The van der Waals surface area contributed by atoms with Crippen LogP contribution in [0.4, 0.5) is 0 Å². The highest BCUT2D eigenvalue weighted by Crippen LogP contribution is 2.62. The molecule has 0 spiro atoms. The molecule has 0 aromatic heterocycles. The Morgan fingerprint density at radius 3 is 2.53 bits per heavy atom. The largest absolute Gasteiger partial charge is 0.495 e. The van der Waals surface area contributed by atoms with Crippen LogP contribution in [-0.4, -0.2) is 58.1 Å². The minimum Gasteiger partial charge on any atom is -0.495 e. The number of amides is 1. The van der Waals surface area contributed by atoms with Gasteiger partial charge in [0.25, 0.3) is 5.91 Å². The van der Waals surface area contributed by atoms with Gasteiger partial charge >= 0.3 is 0 Å². The first-order valence-corrected chi connectivity index (χ1v) is 12.1. The van der Waals surface area contributed by atoms with Gasteiger partial charge in [0.15, 0.2) is 0 Å². The molecule has 1 amide bonds. The predicted molar refractivity (Wildman–Crippen MR) is 113 cm³/mol. The normalized spacial score (nSPS) is 30.9. The van der Waals surface area contributed by atoms with Crippen molar-refractivity contribution in [1.82, 2.24) is 9.62 Å². The van der Waals surface area contributed by atoms with Crippen LogP contribution in [0.5, 0.6) is 5.75 Å². The van der Waals surface area contributed by atoms with Gasteiger partial charge in [0, 0.05) is 24.7 Å². The van der Waals surface area contributed by atoms with Crippen molar-refractivity contribution in [3.63, 3.8) is 0 Å². The lowest BCUT2D eigenvalue weighted by Gasteiger charge is -2.43. The van der Waals surface area contributed by atoms with Crippen molar-refractivity contribution in [3.05, 3.63) is 23.8 Å². The van der Waals surface area contributed by atoms with Gasteiger partial charge in [-0.15, -0.1) is 0 Å². The van der Waals surface area contributed by atoms with Gasteiger partial charge in [0.2, 0.25) is 10.0 Å². The third kappa shape index (κ3) is 3.42. The van der Waals surface area contributed by atoms with Crippen LogP contribution >= 0.6 is 0 Å². The minimum atomic E-state index is -3.78. The molecule has 1 aromatic rings. The first kappa shape index (κ1) is 21.6. The van der Waals surface area contributed by atoms with E-state index in [4.69, 9.17) is 9.47 Å². The van der Waals surface area contributed by atoms with Gasteiger partial charge in [-0.1, -0.05) is 20.8 Å². The van der Waals surface area contributed by atoms with Crippen molar-refractivity contribution in [3.8, 4) is 5.75 Å². The van der Waals surface area contributed by atoms with Crippen LogP contribution in [0.2, 0.25) is 0 Å². The molecule has 2 saturated carbocycles. The summed E-state index contributed by atoms with van der Waals surface area (Å²) in [5.41, 5.74) is 0.460. The standard InChI is InChI=1S/C22H32N2O5S/c1-21(2)16-7-8-22(3,14-16)20(21)23-19(25)15-5-6-17(28-4)18(13-15)30(26,27)24-9-11-29-12-10-24/h5-6,13,16,20H,7-12,14H2,1-4H3,(H,23,25)/t16-,20?,22-/m1/s1. The summed E-state index contributed by atoms with van der Waals surface area (Å²) in [5.74, 6) is 0.620. The number of methoxy groups -OCH3 is 1. The lowest BCUT2D eigenvalue weighted by molar-refractivity contribution is 0.0728. The minimum absolute atomic E-state index is 0.0256. The summed E-state index contributed by atoms with van der Waals surface area (Å²) in [7, 11) is -2.35. The quantitative estimate of drug-likeness (QED) is 0.767. The molecule has 3 atom stereocenters. The van der Waals surface area contributed by atoms with E-state index in [2.05, 4.69) is 26.1 Å². The number of nitrogens with zero attached hydrogens (tertiary/aromatic N) is 1. The average molecular weight is 437 g/mol. The predicted octanol–water partition coefficient (Wildman–Crippen LogP) is 2.66. The molecule has 3 aliphatic rings. The summed E-state index contributed by atoms with van der Waals surface area (Å²) < 4.78 is 38.4. The van der Waals surface area contributed by atoms with Crippen molar-refractivity contribution < 1.29 is 22.7 Å². The van der Waals surface area contributed by atoms with Crippen LogP contribution in [0, 0.1) is 16.7 Å². The number of sulfonamides is 1. The number of morpholine rings is 1. The van der Waals surface area contributed by atoms with Gasteiger partial charge in [0.1, 0.15) is 10.6 Å². The summed E-state index contributed by atoms with van der Waals surface area (Å²) in [5, 5.41) is 3.24. The van der Waals surface area contributed by atoms with Crippen molar-refractivity contribution in [2.24, 2.45) is 16.7 Å². The number of carbonyl (C=O) groups is 1. The second kappa shape index (κ2) is 7.50. The zero-order chi connectivity index (χ0) is 21.7. The number of hydrogen-bond donors (Lipinski definition) is 1. The molecule has 4 rings (SSSR count). The fourth-order valence-corrected chi connectivity index (χ4v) is 7.41. The number of carbonyl (C=O) groups excluding carboxylic acids is 1. The third-order valence-corrected chi connectivity index (χ3v) is 9.48. The summed E-state index contributed by atoms with van der Waals surface area (Å²) in [6, 6.07) is 4.71. The number of hydrogen-bond acceptors (Lipinski definition) is 5. The van der Waals surface area contributed by atoms with Crippen LogP contribution in [0.3, 0.4) is 0 Å². The smallest absolute Gasteiger partial charge is 0.251 e.